The summed E-state index contributed by atoms with van der Waals surface area (Å²) < 4.78 is 0. The molecule has 0 saturated heterocycles. The summed E-state index contributed by atoms with van der Waals surface area (Å²) in [4.78, 5) is 14.3. The molecule has 0 N–H and O–H groups in total. The lowest BCUT2D eigenvalue weighted by molar-refractivity contribution is -0.103. The van der Waals surface area contributed by atoms with Gasteiger partial charge in [-0.3, -0.25) is 9.78 Å². The zero-order chi connectivity index (χ0) is 9.80. The summed E-state index contributed by atoms with van der Waals surface area (Å²) in [6, 6.07) is 9.47. The number of rotatable bonds is 0. The van der Waals surface area contributed by atoms with Gasteiger partial charge in [-0.25, -0.2) is 0 Å². The minimum Gasteiger partial charge on any atom is -0.289 e. The van der Waals surface area contributed by atoms with Gasteiger partial charge in [-0.15, -0.1) is 0 Å². The van der Waals surface area contributed by atoms with Gasteiger partial charge in [0, 0.05) is 17.1 Å². The van der Waals surface area contributed by atoms with Crippen LogP contribution in [0.4, 0.5) is 0 Å². The van der Waals surface area contributed by atoms with Crippen molar-refractivity contribution in [3.05, 3.63) is 42.1 Å². The number of carbonyl (C=O) groups is 1. The van der Waals surface area contributed by atoms with Crippen LogP contribution < -0.4 is 0 Å². The van der Waals surface area contributed by atoms with E-state index in [0.717, 1.165) is 16.5 Å². The molecule has 0 saturated carbocycles. The Kier molecular flexibility index (Phi) is 2.24. The maximum Gasteiger partial charge on any atom is 0.193 e. The van der Waals surface area contributed by atoms with Gasteiger partial charge in [0.05, 0.1) is 5.52 Å². The molecular weight excluding hydrogens is 174 g/mol. The molecule has 0 amide bonds. The van der Waals surface area contributed by atoms with Gasteiger partial charge in [0.15, 0.2) is 6.29 Å². The molecule has 2 aromatic rings. The van der Waals surface area contributed by atoms with Crippen LogP contribution in [0.2, 0.25) is 0 Å². The zero-order valence-corrected chi connectivity index (χ0v) is 7.40. The molecule has 0 atom stereocenters. The predicted octanol–water partition coefficient (Wildman–Crippen LogP) is 1.79. The van der Waals surface area contributed by atoms with E-state index in [1.54, 1.807) is 6.20 Å². The number of hydrogen-bond acceptors (Lipinski definition) is 2. The fraction of sp³-hybridized carbons (Fsp3) is 0. The first-order valence-corrected chi connectivity index (χ1v) is 4.21. The summed E-state index contributed by atoms with van der Waals surface area (Å²) in [5.41, 5.74) is 1.73. The molecule has 14 heavy (non-hydrogen) atoms. The van der Waals surface area contributed by atoms with Crippen LogP contribution in [0, 0.1) is 11.8 Å². The Bertz CT molecular complexity index is 529. The molecule has 0 fully saturated rings. The number of aromatic nitrogens is 1. The number of nitrogens with zero attached hydrogens (tertiary/aromatic N) is 1. The molecule has 0 bridgehead atoms. The Balaban J connectivity index is 2.70. The van der Waals surface area contributed by atoms with E-state index in [1.807, 2.05) is 30.3 Å². The van der Waals surface area contributed by atoms with E-state index in [4.69, 9.17) is 0 Å². The van der Waals surface area contributed by atoms with Crippen LogP contribution in [0.5, 0.6) is 0 Å². The standard InChI is InChI=1S/C12H7NO/c14-9-3-5-10-4-1-7-12-11(10)6-2-8-13-12/h1-2,4,6-9H. The van der Waals surface area contributed by atoms with Crippen molar-refractivity contribution in [1.29, 1.82) is 0 Å². The number of aldehydes is 1. The van der Waals surface area contributed by atoms with Crippen LogP contribution in [-0.2, 0) is 4.79 Å². The monoisotopic (exact) mass is 181 g/mol. The summed E-state index contributed by atoms with van der Waals surface area (Å²) in [6.45, 7) is 0. The molecule has 2 rings (SSSR count). The summed E-state index contributed by atoms with van der Waals surface area (Å²) in [5, 5.41) is 0.976. The first-order chi connectivity index (χ1) is 6.92. The predicted molar refractivity (Wildman–Crippen MR) is 54.7 cm³/mol. The molecule has 1 aromatic heterocycles. The van der Waals surface area contributed by atoms with Crippen LogP contribution in [0.1, 0.15) is 5.56 Å². The number of fused-ring (bicyclic) bond motifs is 1. The van der Waals surface area contributed by atoms with Crippen molar-refractivity contribution in [2.24, 2.45) is 0 Å². The van der Waals surface area contributed by atoms with Crippen LogP contribution in [0.3, 0.4) is 0 Å². The normalized spacial score (nSPS) is 9.14. The molecule has 0 aliphatic heterocycles. The van der Waals surface area contributed by atoms with Crippen molar-refractivity contribution < 1.29 is 4.79 Å². The first-order valence-electron chi connectivity index (χ1n) is 4.21. The smallest absolute Gasteiger partial charge is 0.193 e. The second-order valence-corrected chi connectivity index (χ2v) is 2.76. The minimum atomic E-state index is 0.592. The molecule has 2 heteroatoms. The number of carbonyl (C=O) groups excluding carboxylic acids is 1. The van der Waals surface area contributed by atoms with E-state index in [2.05, 4.69) is 16.8 Å². The molecular formula is C12H7NO. The van der Waals surface area contributed by atoms with Crippen molar-refractivity contribution >= 4 is 17.2 Å². The summed E-state index contributed by atoms with van der Waals surface area (Å²) in [6.07, 6.45) is 2.33. The van der Waals surface area contributed by atoms with E-state index in [0.29, 0.717) is 6.29 Å². The maximum absolute atomic E-state index is 10.1. The van der Waals surface area contributed by atoms with E-state index in [1.165, 1.54) is 0 Å². The quantitative estimate of drug-likeness (QED) is 0.458. The molecule has 0 radical (unpaired) electrons. The highest BCUT2D eigenvalue weighted by molar-refractivity contribution is 5.86. The average Bonchev–Trinajstić information content (AvgIpc) is 2.26. The maximum atomic E-state index is 10.1. The number of hydrogen-bond donors (Lipinski definition) is 0. The third-order valence-corrected chi connectivity index (χ3v) is 1.91. The lowest BCUT2D eigenvalue weighted by Gasteiger charge is -1.97. The minimum absolute atomic E-state index is 0.592. The summed E-state index contributed by atoms with van der Waals surface area (Å²) >= 11 is 0. The van der Waals surface area contributed by atoms with Gasteiger partial charge in [0.25, 0.3) is 0 Å². The number of benzene rings is 1. The molecule has 2 nitrogen and oxygen atoms in total. The van der Waals surface area contributed by atoms with Crippen molar-refractivity contribution in [2.45, 2.75) is 0 Å². The van der Waals surface area contributed by atoms with E-state index in [-0.39, 0.29) is 0 Å². The van der Waals surface area contributed by atoms with Gasteiger partial charge in [-0.2, -0.15) is 0 Å². The van der Waals surface area contributed by atoms with Crippen LogP contribution in [0.25, 0.3) is 10.9 Å². The van der Waals surface area contributed by atoms with E-state index in [9.17, 15) is 4.79 Å². The van der Waals surface area contributed by atoms with Gasteiger partial charge in [0.2, 0.25) is 0 Å². The largest absolute Gasteiger partial charge is 0.289 e. The topological polar surface area (TPSA) is 30.0 Å². The second kappa shape index (κ2) is 3.71. The van der Waals surface area contributed by atoms with Gasteiger partial charge < -0.3 is 0 Å². The van der Waals surface area contributed by atoms with Gasteiger partial charge >= 0.3 is 0 Å². The van der Waals surface area contributed by atoms with Crippen LogP contribution in [0.15, 0.2) is 36.5 Å². The van der Waals surface area contributed by atoms with Gasteiger partial charge in [-0.05, 0) is 24.1 Å². The molecule has 0 aliphatic carbocycles. The third-order valence-electron chi connectivity index (χ3n) is 1.91. The average molecular weight is 181 g/mol. The third kappa shape index (κ3) is 1.48. The lowest BCUT2D eigenvalue weighted by Crippen LogP contribution is -1.81. The lowest BCUT2D eigenvalue weighted by atomic mass is 10.1. The molecule has 0 unspecified atom stereocenters. The number of pyridine rings is 1. The Morgan fingerprint density at radius 2 is 2.14 bits per heavy atom. The SMILES string of the molecule is O=CC#Cc1cccc2ncccc12. The second-order valence-electron chi connectivity index (χ2n) is 2.76. The molecule has 0 aliphatic rings. The van der Waals surface area contributed by atoms with Crippen molar-refractivity contribution in [3.63, 3.8) is 0 Å². The summed E-state index contributed by atoms with van der Waals surface area (Å²) in [7, 11) is 0. The Morgan fingerprint density at radius 1 is 1.21 bits per heavy atom. The molecule has 0 spiro atoms. The molecule has 1 heterocycles. The van der Waals surface area contributed by atoms with Crippen molar-refractivity contribution in [1.82, 2.24) is 4.98 Å². The molecule has 1 aromatic carbocycles. The Hall–Kier alpha value is -2.14. The fourth-order valence-corrected chi connectivity index (χ4v) is 1.32. The van der Waals surface area contributed by atoms with Crippen LogP contribution >= 0.6 is 0 Å². The van der Waals surface area contributed by atoms with Gasteiger partial charge in [0.1, 0.15) is 0 Å². The first kappa shape index (κ1) is 8.46. The summed E-state index contributed by atoms with van der Waals surface area (Å²) in [5.74, 6) is 5.18. The van der Waals surface area contributed by atoms with Crippen molar-refractivity contribution in [2.75, 3.05) is 0 Å². The highest BCUT2D eigenvalue weighted by Gasteiger charge is 1.96. The fourth-order valence-electron chi connectivity index (χ4n) is 1.32. The Labute approximate surface area is 81.6 Å². The van der Waals surface area contributed by atoms with E-state index >= 15 is 0 Å². The zero-order valence-electron chi connectivity index (χ0n) is 7.40. The highest BCUT2D eigenvalue weighted by Crippen LogP contribution is 2.14. The van der Waals surface area contributed by atoms with Crippen molar-refractivity contribution in [3.8, 4) is 11.8 Å². The molecule has 66 valence electrons. The van der Waals surface area contributed by atoms with Gasteiger partial charge in [-0.1, -0.05) is 18.1 Å². The highest BCUT2D eigenvalue weighted by atomic mass is 16.1. The Morgan fingerprint density at radius 3 is 3.00 bits per heavy atom. The van der Waals surface area contributed by atoms with E-state index < -0.39 is 0 Å². The van der Waals surface area contributed by atoms with Crippen LogP contribution in [-0.4, -0.2) is 11.3 Å².